The zero-order valence-corrected chi connectivity index (χ0v) is 9.55. The fourth-order valence-corrected chi connectivity index (χ4v) is 1.66. The summed E-state index contributed by atoms with van der Waals surface area (Å²) in [6.45, 7) is 0. The van der Waals surface area contributed by atoms with Crippen LogP contribution in [0.3, 0.4) is 0 Å². The van der Waals surface area contributed by atoms with Crippen LogP contribution in [0.25, 0.3) is 10.8 Å². The number of hydrogen-bond acceptors (Lipinski definition) is 4. The first-order valence-corrected chi connectivity index (χ1v) is 4.55. The number of carboxylic acids is 2. The first kappa shape index (κ1) is 13.2. The molecule has 86 valence electrons. The SMILES string of the molecule is O=C([O-])c1ccc(C(=O)[O-])c2ccccc12.[Fe+2]. The van der Waals surface area contributed by atoms with Crippen molar-refractivity contribution in [1.82, 2.24) is 0 Å². The third kappa shape index (κ3) is 2.30. The van der Waals surface area contributed by atoms with E-state index in [1.54, 1.807) is 12.1 Å². The Morgan fingerprint density at radius 3 is 1.41 bits per heavy atom. The first-order valence-electron chi connectivity index (χ1n) is 4.55. The molecule has 2 aromatic carbocycles. The number of rotatable bonds is 2. The van der Waals surface area contributed by atoms with Crippen LogP contribution in [0.4, 0.5) is 0 Å². The summed E-state index contributed by atoms with van der Waals surface area (Å²) in [7, 11) is 0. The zero-order valence-electron chi connectivity index (χ0n) is 8.45. The summed E-state index contributed by atoms with van der Waals surface area (Å²) in [6, 6.07) is 8.76. The zero-order chi connectivity index (χ0) is 11.7. The Balaban J connectivity index is 0.00000144. The van der Waals surface area contributed by atoms with Crippen molar-refractivity contribution < 1.29 is 36.9 Å². The molecule has 2 rings (SSSR count). The molecule has 0 bridgehead atoms. The average molecular weight is 270 g/mol. The minimum Gasteiger partial charge on any atom is -0.545 e. The Bertz CT molecular complexity index is 540. The Hall–Kier alpha value is -1.84. The number of carbonyl (C=O) groups excluding carboxylic acids is 2. The summed E-state index contributed by atoms with van der Waals surface area (Å²) >= 11 is 0. The Morgan fingerprint density at radius 1 is 0.765 bits per heavy atom. The molecule has 0 saturated carbocycles. The molecule has 17 heavy (non-hydrogen) atoms. The van der Waals surface area contributed by atoms with Crippen molar-refractivity contribution in [3.8, 4) is 0 Å². The molecule has 0 aromatic heterocycles. The summed E-state index contributed by atoms with van der Waals surface area (Å²) in [4.78, 5) is 21.6. The predicted molar refractivity (Wildman–Crippen MR) is 52.6 cm³/mol. The third-order valence-electron chi connectivity index (χ3n) is 2.36. The van der Waals surface area contributed by atoms with Gasteiger partial charge in [0.05, 0.1) is 11.9 Å². The van der Waals surface area contributed by atoms with Gasteiger partial charge in [-0.2, -0.15) is 0 Å². The molecule has 0 aliphatic rings. The minimum atomic E-state index is -1.33. The van der Waals surface area contributed by atoms with Gasteiger partial charge < -0.3 is 19.8 Å². The molecule has 0 unspecified atom stereocenters. The number of benzene rings is 2. The van der Waals surface area contributed by atoms with Crippen LogP contribution >= 0.6 is 0 Å². The van der Waals surface area contributed by atoms with E-state index in [0.717, 1.165) is 0 Å². The molecule has 0 radical (unpaired) electrons. The normalized spacial score (nSPS) is 9.65. The van der Waals surface area contributed by atoms with Gasteiger partial charge in [0.1, 0.15) is 0 Å². The first-order chi connectivity index (χ1) is 7.61. The monoisotopic (exact) mass is 270 g/mol. The molecule has 5 heteroatoms. The van der Waals surface area contributed by atoms with Gasteiger partial charge in [-0.05, 0) is 10.8 Å². The molecule has 0 aliphatic heterocycles. The van der Waals surface area contributed by atoms with Crippen LogP contribution in [0.15, 0.2) is 36.4 Å². The molecule has 0 aliphatic carbocycles. The van der Waals surface area contributed by atoms with Crippen LogP contribution in [-0.4, -0.2) is 11.9 Å². The number of carboxylic acid groups (broad SMARTS) is 2. The molecule has 0 amide bonds. The Labute approximate surface area is 107 Å². The van der Waals surface area contributed by atoms with Gasteiger partial charge in [0.2, 0.25) is 0 Å². The maximum absolute atomic E-state index is 10.8. The third-order valence-corrected chi connectivity index (χ3v) is 2.36. The van der Waals surface area contributed by atoms with Crippen molar-refractivity contribution in [2.75, 3.05) is 0 Å². The van der Waals surface area contributed by atoms with Gasteiger partial charge in [0.25, 0.3) is 0 Å². The molecular weight excluding hydrogens is 264 g/mol. The smallest absolute Gasteiger partial charge is 0.545 e. The van der Waals surface area contributed by atoms with Crippen LogP contribution in [0.1, 0.15) is 20.7 Å². The van der Waals surface area contributed by atoms with Gasteiger partial charge in [-0.3, -0.25) is 0 Å². The molecule has 0 heterocycles. The van der Waals surface area contributed by atoms with E-state index in [2.05, 4.69) is 0 Å². The molecule has 0 saturated heterocycles. The van der Waals surface area contributed by atoms with E-state index < -0.39 is 11.9 Å². The second-order valence-corrected chi connectivity index (χ2v) is 3.28. The van der Waals surface area contributed by atoms with Crippen LogP contribution in [0.5, 0.6) is 0 Å². The Kier molecular flexibility index (Phi) is 3.88. The maximum Gasteiger partial charge on any atom is 2.00 e. The van der Waals surface area contributed by atoms with Gasteiger partial charge in [-0.15, -0.1) is 0 Å². The number of carbonyl (C=O) groups is 2. The van der Waals surface area contributed by atoms with Crippen LogP contribution < -0.4 is 10.2 Å². The molecule has 0 N–H and O–H groups in total. The van der Waals surface area contributed by atoms with E-state index in [9.17, 15) is 19.8 Å². The van der Waals surface area contributed by atoms with Crippen molar-refractivity contribution in [1.29, 1.82) is 0 Å². The van der Waals surface area contributed by atoms with Crippen LogP contribution in [0.2, 0.25) is 0 Å². The molecule has 4 nitrogen and oxygen atoms in total. The van der Waals surface area contributed by atoms with Crippen molar-refractivity contribution >= 4 is 22.7 Å². The van der Waals surface area contributed by atoms with Crippen molar-refractivity contribution in [2.45, 2.75) is 0 Å². The topological polar surface area (TPSA) is 80.3 Å². The van der Waals surface area contributed by atoms with E-state index in [-0.39, 0.29) is 28.2 Å². The summed E-state index contributed by atoms with van der Waals surface area (Å²) in [5.74, 6) is -2.66. The van der Waals surface area contributed by atoms with Crippen molar-refractivity contribution in [3.63, 3.8) is 0 Å². The van der Waals surface area contributed by atoms with Crippen LogP contribution in [-0.2, 0) is 17.1 Å². The standard InChI is InChI=1S/C12H8O4.Fe/c13-11(14)9-5-6-10(12(15)16)8-4-2-1-3-7(8)9;/h1-6H,(H,13,14)(H,15,16);/q;+2/p-2. The maximum atomic E-state index is 10.8. The van der Waals surface area contributed by atoms with Gasteiger partial charge in [0.15, 0.2) is 0 Å². The Morgan fingerprint density at radius 2 is 1.12 bits per heavy atom. The fourth-order valence-electron chi connectivity index (χ4n) is 1.66. The number of aromatic carboxylic acids is 2. The average Bonchev–Trinajstić information content (AvgIpc) is 2.27. The van der Waals surface area contributed by atoms with Crippen molar-refractivity contribution in [3.05, 3.63) is 47.5 Å². The fraction of sp³-hybridized carbons (Fsp3) is 0. The molecular formula is C12H6FeO4. The van der Waals surface area contributed by atoms with Gasteiger partial charge in [-0.1, -0.05) is 36.4 Å². The number of hydrogen-bond donors (Lipinski definition) is 0. The van der Waals surface area contributed by atoms with Gasteiger partial charge >= 0.3 is 17.1 Å². The van der Waals surface area contributed by atoms with E-state index in [4.69, 9.17) is 0 Å². The molecule has 0 atom stereocenters. The van der Waals surface area contributed by atoms with Gasteiger partial charge in [0, 0.05) is 11.1 Å². The summed E-state index contributed by atoms with van der Waals surface area (Å²) in [5, 5.41) is 22.3. The summed E-state index contributed by atoms with van der Waals surface area (Å²) in [6.07, 6.45) is 0. The second-order valence-electron chi connectivity index (χ2n) is 3.28. The van der Waals surface area contributed by atoms with E-state index in [1.807, 2.05) is 0 Å². The van der Waals surface area contributed by atoms with Crippen molar-refractivity contribution in [2.24, 2.45) is 0 Å². The minimum absolute atomic E-state index is 0. The summed E-state index contributed by atoms with van der Waals surface area (Å²) < 4.78 is 0. The quantitative estimate of drug-likeness (QED) is 0.693. The largest absolute Gasteiger partial charge is 2.00 e. The second kappa shape index (κ2) is 4.99. The van der Waals surface area contributed by atoms with E-state index in [1.165, 1.54) is 24.3 Å². The predicted octanol–water partition coefficient (Wildman–Crippen LogP) is -0.436. The number of fused-ring (bicyclic) bond motifs is 1. The van der Waals surface area contributed by atoms with E-state index >= 15 is 0 Å². The van der Waals surface area contributed by atoms with E-state index in [0.29, 0.717) is 10.8 Å². The molecule has 2 aromatic rings. The van der Waals surface area contributed by atoms with Crippen LogP contribution in [0, 0.1) is 0 Å². The molecule has 0 fully saturated rings. The summed E-state index contributed by atoms with van der Waals surface area (Å²) in [5.41, 5.74) is -0.0544. The van der Waals surface area contributed by atoms with Gasteiger partial charge in [-0.25, -0.2) is 0 Å². The molecule has 0 spiro atoms.